The van der Waals surface area contributed by atoms with Gasteiger partial charge in [-0.25, -0.2) is 0 Å². The van der Waals surface area contributed by atoms with E-state index in [1.54, 1.807) is 23.1 Å². The fraction of sp³-hybridized carbons (Fsp3) is 0.429. The molecule has 0 saturated heterocycles. The van der Waals surface area contributed by atoms with Crippen molar-refractivity contribution in [2.75, 3.05) is 6.26 Å². The van der Waals surface area contributed by atoms with Gasteiger partial charge in [0.25, 0.3) is 0 Å². The third-order valence-corrected chi connectivity index (χ3v) is 2.68. The van der Waals surface area contributed by atoms with E-state index in [1.165, 1.54) is 4.21 Å². The molecule has 0 aliphatic heterocycles. The van der Waals surface area contributed by atoms with Crippen molar-refractivity contribution in [3.05, 3.63) is 17.5 Å². The van der Waals surface area contributed by atoms with Crippen LogP contribution in [0.4, 0.5) is 0 Å². The number of thiophene rings is 1. The van der Waals surface area contributed by atoms with Crippen molar-refractivity contribution in [1.29, 1.82) is 0 Å². The van der Waals surface area contributed by atoms with Gasteiger partial charge in [-0.1, -0.05) is 19.9 Å². The molecule has 0 N–H and O–H groups in total. The largest absolute Gasteiger partial charge is 0.137 e. The quantitative estimate of drug-likeness (QED) is 0.567. The Morgan fingerprint density at radius 1 is 1.44 bits per heavy atom. The molecule has 0 spiro atoms. The van der Waals surface area contributed by atoms with Crippen LogP contribution in [0.15, 0.2) is 21.7 Å². The molecule has 9 heavy (non-hydrogen) atoms. The van der Waals surface area contributed by atoms with Gasteiger partial charge in [-0.2, -0.15) is 0 Å². The molecule has 0 unspecified atom stereocenters. The summed E-state index contributed by atoms with van der Waals surface area (Å²) in [6.07, 6.45) is 2.09. The first-order chi connectivity index (χ1) is 4.43. The molecule has 1 aromatic rings. The summed E-state index contributed by atoms with van der Waals surface area (Å²) in [5, 5.41) is 2.09. The Morgan fingerprint density at radius 3 is 2.33 bits per heavy atom. The third kappa shape index (κ3) is 3.60. The van der Waals surface area contributed by atoms with Gasteiger partial charge >= 0.3 is 0 Å². The van der Waals surface area contributed by atoms with Crippen LogP contribution in [0.1, 0.15) is 13.8 Å². The van der Waals surface area contributed by atoms with Gasteiger partial charge in [-0.3, -0.25) is 0 Å². The van der Waals surface area contributed by atoms with Gasteiger partial charge in [-0.15, -0.1) is 23.1 Å². The van der Waals surface area contributed by atoms with Crippen LogP contribution in [-0.2, 0) is 0 Å². The second-order valence-electron chi connectivity index (χ2n) is 1.14. The standard InChI is InChI=1S/C5H6S2.C2H6/c1-6-5-3-2-4-7-5;1-2/h2-4H,1H3;1-2H3. The fourth-order valence-corrected chi connectivity index (χ4v) is 1.59. The summed E-state index contributed by atoms with van der Waals surface area (Å²) in [5.41, 5.74) is 0. The first-order valence-corrected chi connectivity index (χ1v) is 5.11. The summed E-state index contributed by atoms with van der Waals surface area (Å²) in [5.74, 6) is 0. The van der Waals surface area contributed by atoms with Gasteiger partial charge in [-0.05, 0) is 17.7 Å². The van der Waals surface area contributed by atoms with Crippen LogP contribution in [-0.4, -0.2) is 6.26 Å². The molecule has 0 amide bonds. The zero-order chi connectivity index (χ0) is 7.11. The van der Waals surface area contributed by atoms with E-state index < -0.39 is 0 Å². The minimum Gasteiger partial charge on any atom is -0.137 e. The van der Waals surface area contributed by atoms with Crippen LogP contribution < -0.4 is 0 Å². The van der Waals surface area contributed by atoms with Crippen LogP contribution in [0.5, 0.6) is 0 Å². The van der Waals surface area contributed by atoms with Crippen LogP contribution in [0.2, 0.25) is 0 Å². The van der Waals surface area contributed by atoms with E-state index in [0.717, 1.165) is 0 Å². The van der Waals surface area contributed by atoms with Crippen molar-refractivity contribution < 1.29 is 0 Å². The molecule has 0 radical (unpaired) electrons. The van der Waals surface area contributed by atoms with E-state index in [4.69, 9.17) is 0 Å². The summed E-state index contributed by atoms with van der Waals surface area (Å²) in [6, 6.07) is 4.19. The monoisotopic (exact) mass is 160 g/mol. The van der Waals surface area contributed by atoms with Gasteiger partial charge in [0.1, 0.15) is 0 Å². The second kappa shape index (κ2) is 6.17. The van der Waals surface area contributed by atoms with Crippen LogP contribution in [0.3, 0.4) is 0 Å². The number of rotatable bonds is 1. The summed E-state index contributed by atoms with van der Waals surface area (Å²) < 4.78 is 1.39. The normalized spacial score (nSPS) is 7.89. The molecule has 1 heterocycles. The van der Waals surface area contributed by atoms with Gasteiger partial charge in [0.05, 0.1) is 4.21 Å². The molecule has 0 saturated carbocycles. The van der Waals surface area contributed by atoms with E-state index in [2.05, 4.69) is 23.8 Å². The van der Waals surface area contributed by atoms with E-state index in [9.17, 15) is 0 Å². The summed E-state index contributed by atoms with van der Waals surface area (Å²) in [6.45, 7) is 4.00. The molecule has 0 bridgehead atoms. The molecule has 0 aromatic carbocycles. The molecule has 0 aliphatic carbocycles. The lowest BCUT2D eigenvalue weighted by Crippen LogP contribution is -1.45. The molecular weight excluding hydrogens is 148 g/mol. The third-order valence-electron chi connectivity index (χ3n) is 0.696. The zero-order valence-electron chi connectivity index (χ0n) is 6.05. The van der Waals surface area contributed by atoms with Crippen LogP contribution >= 0.6 is 23.1 Å². The maximum Gasteiger partial charge on any atom is 0.0595 e. The van der Waals surface area contributed by atoms with Crippen molar-refractivity contribution in [2.24, 2.45) is 0 Å². The van der Waals surface area contributed by atoms with Crippen molar-refractivity contribution in [1.82, 2.24) is 0 Å². The number of hydrogen-bond donors (Lipinski definition) is 0. The van der Waals surface area contributed by atoms with E-state index in [0.29, 0.717) is 0 Å². The van der Waals surface area contributed by atoms with E-state index >= 15 is 0 Å². The summed E-state index contributed by atoms with van der Waals surface area (Å²) in [7, 11) is 0. The fourth-order valence-electron chi connectivity index (χ4n) is 0.380. The zero-order valence-corrected chi connectivity index (χ0v) is 7.68. The first-order valence-electron chi connectivity index (χ1n) is 3.01. The van der Waals surface area contributed by atoms with E-state index in [-0.39, 0.29) is 0 Å². The summed E-state index contributed by atoms with van der Waals surface area (Å²) in [4.78, 5) is 0. The predicted octanol–water partition coefficient (Wildman–Crippen LogP) is 3.50. The smallest absolute Gasteiger partial charge is 0.0595 e. The number of thioether (sulfide) groups is 1. The topological polar surface area (TPSA) is 0 Å². The van der Waals surface area contributed by atoms with Gasteiger partial charge in [0.15, 0.2) is 0 Å². The Bertz CT molecular complexity index is 121. The molecule has 0 aliphatic rings. The predicted molar refractivity (Wildman–Crippen MR) is 47.4 cm³/mol. The molecular formula is C7H12S2. The molecule has 2 heteroatoms. The second-order valence-corrected chi connectivity index (χ2v) is 3.19. The maximum absolute atomic E-state index is 2.12. The molecule has 0 fully saturated rings. The van der Waals surface area contributed by atoms with Gasteiger partial charge in [0, 0.05) is 0 Å². The molecule has 1 rings (SSSR count). The molecule has 0 nitrogen and oxygen atoms in total. The van der Waals surface area contributed by atoms with Crippen molar-refractivity contribution in [3.63, 3.8) is 0 Å². The molecule has 52 valence electrons. The minimum absolute atomic E-state index is 1.39. The average molecular weight is 160 g/mol. The first kappa shape index (κ1) is 9.05. The average Bonchev–Trinajstić information content (AvgIpc) is 2.43. The number of hydrogen-bond acceptors (Lipinski definition) is 2. The van der Waals surface area contributed by atoms with Crippen molar-refractivity contribution in [2.45, 2.75) is 18.1 Å². The SMILES string of the molecule is CC.CSc1cccs1. The highest BCUT2D eigenvalue weighted by molar-refractivity contribution is 8.00. The van der Waals surface area contributed by atoms with Gasteiger partial charge < -0.3 is 0 Å². The maximum atomic E-state index is 2.12. The van der Waals surface area contributed by atoms with Crippen molar-refractivity contribution >= 4 is 23.1 Å². The lowest BCUT2D eigenvalue weighted by atomic mass is 10.7. The Morgan fingerprint density at radius 2 is 2.11 bits per heavy atom. The Hall–Kier alpha value is 0.0500. The van der Waals surface area contributed by atoms with Crippen LogP contribution in [0, 0.1) is 0 Å². The van der Waals surface area contributed by atoms with Crippen molar-refractivity contribution in [3.8, 4) is 0 Å². The highest BCUT2D eigenvalue weighted by atomic mass is 32.2. The van der Waals surface area contributed by atoms with Gasteiger partial charge in [0.2, 0.25) is 0 Å². The Balaban J connectivity index is 0.000000291. The van der Waals surface area contributed by atoms with Crippen LogP contribution in [0.25, 0.3) is 0 Å². The Kier molecular flexibility index (Phi) is 6.21. The molecule has 0 atom stereocenters. The highest BCUT2D eigenvalue weighted by Crippen LogP contribution is 2.19. The van der Waals surface area contributed by atoms with E-state index in [1.807, 2.05) is 13.8 Å². The molecule has 1 aromatic heterocycles. The summed E-state index contributed by atoms with van der Waals surface area (Å²) >= 11 is 3.58. The minimum atomic E-state index is 1.39. The Labute approximate surface area is 65.3 Å². The lowest BCUT2D eigenvalue weighted by molar-refractivity contribution is 1.50. The highest BCUT2D eigenvalue weighted by Gasteiger charge is 1.83. The lowest BCUT2D eigenvalue weighted by Gasteiger charge is -1.78.